The van der Waals surface area contributed by atoms with E-state index in [2.05, 4.69) is 13.8 Å². The van der Waals surface area contributed by atoms with Crippen LogP contribution in [-0.2, 0) is 0 Å². The van der Waals surface area contributed by atoms with Gasteiger partial charge in [-0.15, -0.1) is 0 Å². The first-order valence-electron chi connectivity index (χ1n) is 6.83. The van der Waals surface area contributed by atoms with Gasteiger partial charge in [-0.05, 0) is 42.9 Å². The average Bonchev–Trinajstić information content (AvgIpc) is 2.38. The third-order valence-electron chi connectivity index (χ3n) is 4.01. The Labute approximate surface area is 119 Å². The highest BCUT2D eigenvalue weighted by molar-refractivity contribution is 6.31. The monoisotopic (exact) mass is 280 g/mol. The van der Waals surface area contributed by atoms with Gasteiger partial charge in [0.1, 0.15) is 0 Å². The Morgan fingerprint density at radius 2 is 2.00 bits per heavy atom. The van der Waals surface area contributed by atoms with Gasteiger partial charge in [0, 0.05) is 23.8 Å². The maximum atomic E-state index is 12.4. The molecule has 0 spiro atoms. The van der Waals surface area contributed by atoms with Gasteiger partial charge in [0.25, 0.3) is 5.91 Å². The Bertz CT molecular complexity index is 465. The van der Waals surface area contributed by atoms with Crippen LogP contribution in [0.5, 0.6) is 0 Å². The number of amides is 1. The van der Waals surface area contributed by atoms with Crippen LogP contribution < -0.4 is 5.73 Å². The summed E-state index contributed by atoms with van der Waals surface area (Å²) in [5.74, 6) is 1.45. The van der Waals surface area contributed by atoms with Crippen molar-refractivity contribution in [3.63, 3.8) is 0 Å². The second-order valence-corrected chi connectivity index (χ2v) is 6.04. The number of rotatable bonds is 2. The summed E-state index contributed by atoms with van der Waals surface area (Å²) < 4.78 is 0. The van der Waals surface area contributed by atoms with Crippen molar-refractivity contribution in [2.45, 2.75) is 26.7 Å². The van der Waals surface area contributed by atoms with Crippen LogP contribution in [0.3, 0.4) is 0 Å². The van der Waals surface area contributed by atoms with Gasteiger partial charge in [0.15, 0.2) is 0 Å². The van der Waals surface area contributed by atoms with Crippen LogP contribution in [0.2, 0.25) is 5.02 Å². The number of nitrogens with zero attached hydrogens (tertiary/aromatic N) is 1. The molecule has 0 saturated carbocycles. The van der Waals surface area contributed by atoms with Crippen molar-refractivity contribution in [2.24, 2.45) is 11.8 Å². The van der Waals surface area contributed by atoms with E-state index in [1.807, 2.05) is 4.90 Å². The third-order valence-corrected chi connectivity index (χ3v) is 4.25. The molecule has 1 amide bonds. The van der Waals surface area contributed by atoms with E-state index in [9.17, 15) is 4.79 Å². The molecule has 2 N–H and O–H groups in total. The molecule has 2 rings (SSSR count). The van der Waals surface area contributed by atoms with Crippen LogP contribution in [0, 0.1) is 11.8 Å². The molecule has 3 nitrogen and oxygen atoms in total. The van der Waals surface area contributed by atoms with E-state index in [1.165, 1.54) is 0 Å². The molecule has 1 aromatic rings. The number of nitrogens with two attached hydrogens (primary N) is 1. The fourth-order valence-corrected chi connectivity index (χ4v) is 2.85. The summed E-state index contributed by atoms with van der Waals surface area (Å²) >= 11 is 5.86. The van der Waals surface area contributed by atoms with Crippen LogP contribution in [0.1, 0.15) is 37.0 Å². The van der Waals surface area contributed by atoms with Crippen LogP contribution in [0.25, 0.3) is 0 Å². The smallest absolute Gasteiger partial charge is 0.255 e. The molecule has 0 radical (unpaired) electrons. The molecule has 0 aromatic heterocycles. The Kier molecular flexibility index (Phi) is 4.35. The zero-order valence-electron chi connectivity index (χ0n) is 11.5. The predicted octanol–water partition coefficient (Wildman–Crippen LogP) is 3.43. The first-order chi connectivity index (χ1) is 8.99. The molecule has 1 aromatic carbocycles. The number of hydrogen-bond donors (Lipinski definition) is 1. The molecule has 1 fully saturated rings. The minimum absolute atomic E-state index is 0.0244. The van der Waals surface area contributed by atoms with Crippen LogP contribution in [0.4, 0.5) is 5.69 Å². The minimum atomic E-state index is 0.0244. The van der Waals surface area contributed by atoms with E-state index >= 15 is 0 Å². The number of carbonyl (C=O) groups is 1. The third kappa shape index (κ3) is 3.21. The average molecular weight is 281 g/mol. The molecule has 4 heteroatoms. The summed E-state index contributed by atoms with van der Waals surface area (Å²) in [6, 6.07) is 5.07. The summed E-state index contributed by atoms with van der Waals surface area (Å²) in [5.41, 5.74) is 6.90. The van der Waals surface area contributed by atoms with Crippen molar-refractivity contribution in [3.05, 3.63) is 28.8 Å². The van der Waals surface area contributed by atoms with Gasteiger partial charge in [-0.2, -0.15) is 0 Å². The number of piperidine rings is 1. The van der Waals surface area contributed by atoms with Crippen molar-refractivity contribution >= 4 is 23.2 Å². The van der Waals surface area contributed by atoms with Crippen LogP contribution >= 0.6 is 11.6 Å². The van der Waals surface area contributed by atoms with Crippen molar-refractivity contribution < 1.29 is 4.79 Å². The largest absolute Gasteiger partial charge is 0.398 e. The van der Waals surface area contributed by atoms with E-state index in [0.717, 1.165) is 31.8 Å². The van der Waals surface area contributed by atoms with Crippen LogP contribution in [0.15, 0.2) is 18.2 Å². The zero-order valence-corrected chi connectivity index (χ0v) is 12.3. The molecule has 0 atom stereocenters. The SMILES string of the molecule is CC(C)C1CCN(C(=O)c2ccc(Cl)cc2N)CC1. The van der Waals surface area contributed by atoms with Crippen LogP contribution in [-0.4, -0.2) is 23.9 Å². The van der Waals surface area contributed by atoms with Crippen molar-refractivity contribution in [1.29, 1.82) is 0 Å². The maximum Gasteiger partial charge on any atom is 0.255 e. The molecule has 19 heavy (non-hydrogen) atoms. The number of likely N-dealkylation sites (tertiary alicyclic amines) is 1. The van der Waals surface area contributed by atoms with Gasteiger partial charge < -0.3 is 10.6 Å². The van der Waals surface area contributed by atoms with Gasteiger partial charge in [-0.3, -0.25) is 4.79 Å². The molecular weight excluding hydrogens is 260 g/mol. The fraction of sp³-hybridized carbons (Fsp3) is 0.533. The number of hydrogen-bond acceptors (Lipinski definition) is 2. The summed E-state index contributed by atoms with van der Waals surface area (Å²) in [5, 5.41) is 0.563. The quantitative estimate of drug-likeness (QED) is 0.844. The topological polar surface area (TPSA) is 46.3 Å². The van der Waals surface area contributed by atoms with Gasteiger partial charge in [0.2, 0.25) is 0 Å². The van der Waals surface area contributed by atoms with Crippen molar-refractivity contribution in [3.8, 4) is 0 Å². The highest BCUT2D eigenvalue weighted by Crippen LogP contribution is 2.26. The second kappa shape index (κ2) is 5.83. The summed E-state index contributed by atoms with van der Waals surface area (Å²) in [6.07, 6.45) is 2.16. The molecule has 1 aliphatic heterocycles. The van der Waals surface area contributed by atoms with Gasteiger partial charge in [-0.25, -0.2) is 0 Å². The minimum Gasteiger partial charge on any atom is -0.398 e. The normalized spacial score (nSPS) is 16.9. The van der Waals surface area contributed by atoms with E-state index in [1.54, 1.807) is 18.2 Å². The Balaban J connectivity index is 2.05. The lowest BCUT2D eigenvalue weighted by Gasteiger charge is -2.34. The number of anilines is 1. The standard InChI is InChI=1S/C15H21ClN2O/c1-10(2)11-5-7-18(8-6-11)15(19)13-4-3-12(16)9-14(13)17/h3-4,9-11H,5-8,17H2,1-2H3. The fourth-order valence-electron chi connectivity index (χ4n) is 2.67. The van der Waals surface area contributed by atoms with Gasteiger partial charge in [-0.1, -0.05) is 25.4 Å². The predicted molar refractivity (Wildman–Crippen MR) is 79.3 cm³/mol. The lowest BCUT2D eigenvalue weighted by Crippen LogP contribution is -2.39. The first-order valence-corrected chi connectivity index (χ1v) is 7.21. The zero-order chi connectivity index (χ0) is 14.0. The summed E-state index contributed by atoms with van der Waals surface area (Å²) in [7, 11) is 0. The molecule has 1 aliphatic rings. The Morgan fingerprint density at radius 3 is 2.53 bits per heavy atom. The van der Waals surface area contributed by atoms with E-state index in [-0.39, 0.29) is 5.91 Å². The lowest BCUT2D eigenvalue weighted by atomic mass is 9.86. The second-order valence-electron chi connectivity index (χ2n) is 5.61. The molecular formula is C15H21ClN2O. The number of benzene rings is 1. The molecule has 104 valence electrons. The van der Waals surface area contributed by atoms with E-state index in [4.69, 9.17) is 17.3 Å². The van der Waals surface area contributed by atoms with Crippen molar-refractivity contribution in [1.82, 2.24) is 4.90 Å². The van der Waals surface area contributed by atoms with Gasteiger partial charge >= 0.3 is 0 Å². The van der Waals surface area contributed by atoms with E-state index in [0.29, 0.717) is 22.2 Å². The highest BCUT2D eigenvalue weighted by Gasteiger charge is 2.25. The van der Waals surface area contributed by atoms with Crippen molar-refractivity contribution in [2.75, 3.05) is 18.8 Å². The molecule has 1 heterocycles. The van der Waals surface area contributed by atoms with E-state index < -0.39 is 0 Å². The number of nitrogen functional groups attached to an aromatic ring is 1. The molecule has 0 bridgehead atoms. The molecule has 1 saturated heterocycles. The Hall–Kier alpha value is -1.22. The van der Waals surface area contributed by atoms with Gasteiger partial charge in [0.05, 0.1) is 5.56 Å². The number of carbonyl (C=O) groups excluding carboxylic acids is 1. The molecule has 0 unspecified atom stereocenters. The summed E-state index contributed by atoms with van der Waals surface area (Å²) in [4.78, 5) is 14.3. The Morgan fingerprint density at radius 1 is 1.37 bits per heavy atom. The lowest BCUT2D eigenvalue weighted by molar-refractivity contribution is 0.0669. The highest BCUT2D eigenvalue weighted by atomic mass is 35.5. The number of halogens is 1. The summed E-state index contributed by atoms with van der Waals surface area (Å²) in [6.45, 7) is 6.14. The maximum absolute atomic E-state index is 12.4. The molecule has 0 aliphatic carbocycles. The first kappa shape index (κ1) is 14.2.